The van der Waals surface area contributed by atoms with Gasteiger partial charge in [0.15, 0.2) is 0 Å². The van der Waals surface area contributed by atoms with E-state index in [2.05, 4.69) is 0 Å². The Morgan fingerprint density at radius 2 is 2.28 bits per heavy atom. The van der Waals surface area contributed by atoms with Crippen molar-refractivity contribution in [3.8, 4) is 0 Å². The topological polar surface area (TPSA) is 83.6 Å². The minimum atomic E-state index is -0.866. The minimum absolute atomic E-state index is 0.0599. The van der Waals surface area contributed by atoms with Crippen LogP contribution in [0.1, 0.15) is 18.9 Å². The van der Waals surface area contributed by atoms with E-state index in [1.165, 1.54) is 0 Å². The molecular weight excluding hydrogens is 232 g/mol. The van der Waals surface area contributed by atoms with Gasteiger partial charge in [0.05, 0.1) is 12.3 Å². The van der Waals surface area contributed by atoms with Gasteiger partial charge < -0.3 is 15.7 Å². The molecule has 1 aliphatic rings. The van der Waals surface area contributed by atoms with Crippen molar-refractivity contribution in [2.24, 2.45) is 5.92 Å². The number of nitrogen functional groups attached to an aromatic ring is 1. The number of hydrogen-bond donors (Lipinski definition) is 2. The first-order valence-electron chi connectivity index (χ1n) is 5.94. The van der Waals surface area contributed by atoms with Crippen molar-refractivity contribution in [1.82, 2.24) is 0 Å². The third-order valence-electron chi connectivity index (χ3n) is 3.28. The molecule has 0 fully saturated rings. The summed E-state index contributed by atoms with van der Waals surface area (Å²) in [6.45, 7) is 2.03. The van der Waals surface area contributed by atoms with E-state index in [9.17, 15) is 9.59 Å². The quantitative estimate of drug-likeness (QED) is 0.786. The maximum atomic E-state index is 11.9. The van der Waals surface area contributed by atoms with Crippen LogP contribution in [0.3, 0.4) is 0 Å². The molecule has 0 saturated carbocycles. The van der Waals surface area contributed by atoms with Gasteiger partial charge in [0.25, 0.3) is 0 Å². The SMILES string of the molecule is CCC(CN1C(=O)Cc2cc(N)ccc21)C(=O)O. The largest absolute Gasteiger partial charge is 0.481 e. The maximum Gasteiger partial charge on any atom is 0.308 e. The highest BCUT2D eigenvalue weighted by molar-refractivity contribution is 6.02. The maximum absolute atomic E-state index is 11.9. The van der Waals surface area contributed by atoms with E-state index >= 15 is 0 Å². The summed E-state index contributed by atoms with van der Waals surface area (Å²) in [5, 5.41) is 9.05. The molecule has 1 aromatic rings. The molecule has 1 unspecified atom stereocenters. The van der Waals surface area contributed by atoms with Crippen molar-refractivity contribution < 1.29 is 14.7 Å². The van der Waals surface area contributed by atoms with E-state index in [0.717, 1.165) is 11.3 Å². The molecule has 0 bridgehead atoms. The van der Waals surface area contributed by atoms with Crippen molar-refractivity contribution in [2.75, 3.05) is 17.2 Å². The van der Waals surface area contributed by atoms with Gasteiger partial charge in [0, 0.05) is 17.9 Å². The predicted molar refractivity (Wildman–Crippen MR) is 68.3 cm³/mol. The van der Waals surface area contributed by atoms with Crippen LogP contribution in [0.2, 0.25) is 0 Å². The lowest BCUT2D eigenvalue weighted by molar-refractivity contribution is -0.141. The summed E-state index contributed by atoms with van der Waals surface area (Å²) in [6, 6.07) is 5.28. The Hall–Kier alpha value is -2.04. The fourth-order valence-electron chi connectivity index (χ4n) is 2.21. The number of rotatable bonds is 4. The van der Waals surface area contributed by atoms with Crippen LogP contribution >= 0.6 is 0 Å². The van der Waals surface area contributed by atoms with Crippen molar-refractivity contribution >= 4 is 23.3 Å². The number of carboxylic acid groups (broad SMARTS) is 1. The van der Waals surface area contributed by atoms with Crippen molar-refractivity contribution in [3.63, 3.8) is 0 Å². The fourth-order valence-corrected chi connectivity index (χ4v) is 2.21. The molecule has 1 aliphatic heterocycles. The Balaban J connectivity index is 2.25. The van der Waals surface area contributed by atoms with E-state index in [-0.39, 0.29) is 12.5 Å². The molecule has 0 spiro atoms. The molecule has 5 heteroatoms. The smallest absolute Gasteiger partial charge is 0.308 e. The lowest BCUT2D eigenvalue weighted by Gasteiger charge is -2.21. The molecule has 1 atom stereocenters. The first kappa shape index (κ1) is 12.4. The van der Waals surface area contributed by atoms with E-state index in [4.69, 9.17) is 10.8 Å². The number of benzene rings is 1. The van der Waals surface area contributed by atoms with Crippen LogP contribution < -0.4 is 10.6 Å². The third-order valence-corrected chi connectivity index (χ3v) is 3.28. The van der Waals surface area contributed by atoms with Crippen LogP contribution in [-0.2, 0) is 16.0 Å². The van der Waals surface area contributed by atoms with E-state index in [0.29, 0.717) is 18.5 Å². The number of carbonyl (C=O) groups excluding carboxylic acids is 1. The van der Waals surface area contributed by atoms with Crippen molar-refractivity contribution in [3.05, 3.63) is 23.8 Å². The zero-order valence-corrected chi connectivity index (χ0v) is 10.2. The monoisotopic (exact) mass is 248 g/mol. The lowest BCUT2D eigenvalue weighted by Crippen LogP contribution is -2.35. The first-order valence-corrected chi connectivity index (χ1v) is 5.94. The average Bonchev–Trinajstić information content (AvgIpc) is 2.60. The molecule has 0 radical (unpaired) electrons. The second-order valence-corrected chi connectivity index (χ2v) is 4.51. The Kier molecular flexibility index (Phi) is 3.23. The van der Waals surface area contributed by atoms with Gasteiger partial charge in [0.1, 0.15) is 0 Å². The summed E-state index contributed by atoms with van der Waals surface area (Å²) in [4.78, 5) is 24.5. The van der Waals surface area contributed by atoms with Gasteiger partial charge in [-0.3, -0.25) is 9.59 Å². The highest BCUT2D eigenvalue weighted by Crippen LogP contribution is 2.31. The van der Waals surface area contributed by atoms with Gasteiger partial charge in [0.2, 0.25) is 5.91 Å². The number of anilines is 2. The first-order chi connectivity index (χ1) is 8.52. The van der Waals surface area contributed by atoms with Crippen LogP contribution in [0.25, 0.3) is 0 Å². The Morgan fingerprint density at radius 1 is 1.56 bits per heavy atom. The molecule has 0 saturated heterocycles. The molecule has 96 valence electrons. The molecule has 2 rings (SSSR count). The number of nitrogens with two attached hydrogens (primary N) is 1. The second-order valence-electron chi connectivity index (χ2n) is 4.51. The van der Waals surface area contributed by atoms with Gasteiger partial charge in [-0.05, 0) is 30.2 Å². The molecule has 18 heavy (non-hydrogen) atoms. The zero-order valence-electron chi connectivity index (χ0n) is 10.2. The van der Waals surface area contributed by atoms with E-state index < -0.39 is 11.9 Å². The molecule has 1 amide bonds. The molecule has 0 aliphatic carbocycles. The van der Waals surface area contributed by atoms with Gasteiger partial charge in [-0.1, -0.05) is 6.92 Å². The summed E-state index contributed by atoms with van der Waals surface area (Å²) in [6.07, 6.45) is 0.805. The zero-order chi connectivity index (χ0) is 13.3. The Bertz CT molecular complexity index is 499. The van der Waals surface area contributed by atoms with Gasteiger partial charge >= 0.3 is 5.97 Å². The van der Waals surface area contributed by atoms with Crippen LogP contribution in [-0.4, -0.2) is 23.5 Å². The van der Waals surface area contributed by atoms with Crippen LogP contribution in [0.4, 0.5) is 11.4 Å². The number of amides is 1. The van der Waals surface area contributed by atoms with Gasteiger partial charge in [-0.25, -0.2) is 0 Å². The molecule has 1 aromatic carbocycles. The molecule has 3 N–H and O–H groups in total. The summed E-state index contributed by atoms with van der Waals surface area (Å²) >= 11 is 0. The Labute approximate surface area is 105 Å². The normalized spacial score (nSPS) is 15.6. The number of aliphatic carboxylic acids is 1. The van der Waals surface area contributed by atoms with E-state index in [1.54, 1.807) is 23.1 Å². The number of carboxylic acids is 1. The van der Waals surface area contributed by atoms with Crippen LogP contribution in [0, 0.1) is 5.92 Å². The fraction of sp³-hybridized carbons (Fsp3) is 0.385. The highest BCUT2D eigenvalue weighted by Gasteiger charge is 2.30. The van der Waals surface area contributed by atoms with Crippen molar-refractivity contribution in [2.45, 2.75) is 19.8 Å². The highest BCUT2D eigenvalue weighted by atomic mass is 16.4. The molecule has 5 nitrogen and oxygen atoms in total. The number of carbonyl (C=O) groups is 2. The van der Waals surface area contributed by atoms with Gasteiger partial charge in [-0.2, -0.15) is 0 Å². The molecule has 1 heterocycles. The summed E-state index contributed by atoms with van der Waals surface area (Å²) in [7, 11) is 0. The standard InChI is InChI=1S/C13H16N2O3/c1-2-8(13(17)18)7-15-11-4-3-10(14)5-9(11)6-12(15)16/h3-5,8H,2,6-7,14H2,1H3,(H,17,18). The Morgan fingerprint density at radius 3 is 2.89 bits per heavy atom. The van der Waals surface area contributed by atoms with Gasteiger partial charge in [-0.15, -0.1) is 0 Å². The van der Waals surface area contributed by atoms with E-state index in [1.807, 2.05) is 6.92 Å². The number of fused-ring (bicyclic) bond motifs is 1. The predicted octanol–water partition coefficient (Wildman–Crippen LogP) is 1.27. The van der Waals surface area contributed by atoms with Crippen LogP contribution in [0.5, 0.6) is 0 Å². The number of hydrogen-bond acceptors (Lipinski definition) is 3. The summed E-state index contributed by atoms with van der Waals surface area (Å²) in [5.41, 5.74) is 7.95. The average molecular weight is 248 g/mol. The van der Waals surface area contributed by atoms with Crippen molar-refractivity contribution in [1.29, 1.82) is 0 Å². The summed E-state index contributed by atoms with van der Waals surface area (Å²) in [5.74, 6) is -1.46. The summed E-state index contributed by atoms with van der Waals surface area (Å²) < 4.78 is 0. The lowest BCUT2D eigenvalue weighted by atomic mass is 10.1. The number of nitrogens with zero attached hydrogens (tertiary/aromatic N) is 1. The minimum Gasteiger partial charge on any atom is -0.481 e. The molecule has 0 aromatic heterocycles. The third kappa shape index (κ3) is 2.16. The van der Waals surface area contributed by atoms with Crippen LogP contribution in [0.15, 0.2) is 18.2 Å². The molecular formula is C13H16N2O3. The second kappa shape index (κ2) is 4.68.